The molecule has 3 rings (SSSR count). The van der Waals surface area contributed by atoms with E-state index >= 15 is 0 Å². The number of halogens is 1. The molecule has 0 fully saturated rings. The van der Waals surface area contributed by atoms with E-state index in [0.29, 0.717) is 11.3 Å². The monoisotopic (exact) mass is 275 g/mol. The van der Waals surface area contributed by atoms with Crippen LogP contribution in [0, 0.1) is 5.82 Å². The molecule has 0 aliphatic rings. The Morgan fingerprint density at radius 2 is 2.21 bits per heavy atom. The highest BCUT2D eigenvalue weighted by Gasteiger charge is 2.10. The molecule has 0 unspecified atom stereocenters. The molecule has 0 N–H and O–H groups in total. The normalized spacial score (nSPS) is 10.6. The van der Waals surface area contributed by atoms with Crippen molar-refractivity contribution in [3.8, 4) is 27.8 Å². The molecule has 2 heterocycles. The predicted molar refractivity (Wildman–Crippen MR) is 71.8 cm³/mol. The third-order valence-corrected chi connectivity index (χ3v) is 3.54. The Kier molecular flexibility index (Phi) is 3.05. The Balaban J connectivity index is 1.97. The zero-order valence-corrected chi connectivity index (χ0v) is 10.9. The summed E-state index contributed by atoms with van der Waals surface area (Å²) in [4.78, 5) is 4.44. The van der Waals surface area contributed by atoms with Gasteiger partial charge in [0.15, 0.2) is 22.3 Å². The van der Waals surface area contributed by atoms with Crippen LogP contribution < -0.4 is 4.74 Å². The van der Waals surface area contributed by atoms with Crippen molar-refractivity contribution < 1.29 is 13.5 Å². The van der Waals surface area contributed by atoms with Crippen molar-refractivity contribution in [2.45, 2.75) is 0 Å². The summed E-state index contributed by atoms with van der Waals surface area (Å²) in [6, 6.07) is 8.44. The molecule has 0 spiro atoms. The fraction of sp³-hybridized carbons (Fsp3) is 0.0714. The molecule has 0 saturated heterocycles. The van der Waals surface area contributed by atoms with Gasteiger partial charge in [0, 0.05) is 10.9 Å². The van der Waals surface area contributed by atoms with E-state index in [1.54, 1.807) is 18.4 Å². The number of nitrogens with zero attached hydrogens (tertiary/aromatic N) is 1. The van der Waals surface area contributed by atoms with Crippen LogP contribution in [0.5, 0.6) is 5.75 Å². The quantitative estimate of drug-likeness (QED) is 0.718. The molecule has 1 aromatic carbocycles. The van der Waals surface area contributed by atoms with E-state index in [-0.39, 0.29) is 5.75 Å². The summed E-state index contributed by atoms with van der Waals surface area (Å²) in [5, 5.41) is 2.65. The van der Waals surface area contributed by atoms with E-state index in [9.17, 15) is 4.39 Å². The lowest BCUT2D eigenvalue weighted by Crippen LogP contribution is -1.88. The fourth-order valence-corrected chi connectivity index (χ4v) is 2.54. The standard InChI is InChI=1S/C14H10FNO2S/c1-17-12-5-4-9(7-10(12)15)11-8-19-14(16-11)13-3-2-6-18-13/h2-8H,1H3. The van der Waals surface area contributed by atoms with Crippen molar-refractivity contribution in [2.24, 2.45) is 0 Å². The van der Waals surface area contributed by atoms with Crippen molar-refractivity contribution in [3.05, 3.63) is 47.8 Å². The largest absolute Gasteiger partial charge is 0.494 e. The highest BCUT2D eigenvalue weighted by atomic mass is 32.1. The topological polar surface area (TPSA) is 35.3 Å². The van der Waals surface area contributed by atoms with Crippen LogP contribution in [-0.2, 0) is 0 Å². The summed E-state index contributed by atoms with van der Waals surface area (Å²) >= 11 is 1.46. The molecule has 3 aromatic rings. The van der Waals surface area contributed by atoms with Crippen molar-refractivity contribution in [3.63, 3.8) is 0 Å². The predicted octanol–water partition coefficient (Wildman–Crippen LogP) is 4.22. The molecule has 0 saturated carbocycles. The number of furan rings is 1. The number of rotatable bonds is 3. The van der Waals surface area contributed by atoms with Gasteiger partial charge in [-0.2, -0.15) is 0 Å². The second kappa shape index (κ2) is 4.85. The van der Waals surface area contributed by atoms with Crippen LogP contribution in [-0.4, -0.2) is 12.1 Å². The third kappa shape index (κ3) is 2.24. The first-order valence-corrected chi connectivity index (χ1v) is 6.49. The van der Waals surface area contributed by atoms with E-state index < -0.39 is 5.82 Å². The summed E-state index contributed by atoms with van der Waals surface area (Å²) < 4.78 is 23.8. The van der Waals surface area contributed by atoms with Gasteiger partial charge in [0.1, 0.15) is 0 Å². The van der Waals surface area contributed by atoms with Crippen LogP contribution in [0.15, 0.2) is 46.4 Å². The Morgan fingerprint density at radius 1 is 1.32 bits per heavy atom. The SMILES string of the molecule is COc1ccc(-c2csc(-c3ccco3)n2)cc1F. The average Bonchev–Trinajstić information content (AvgIpc) is 3.09. The highest BCUT2D eigenvalue weighted by molar-refractivity contribution is 7.13. The summed E-state index contributed by atoms with van der Waals surface area (Å²) in [5.41, 5.74) is 1.44. The number of benzene rings is 1. The Bertz CT molecular complexity index is 691. The van der Waals surface area contributed by atoms with E-state index in [2.05, 4.69) is 4.98 Å². The number of thiazole rings is 1. The first-order chi connectivity index (χ1) is 9.28. The maximum atomic E-state index is 13.6. The molecular formula is C14H10FNO2S. The first kappa shape index (κ1) is 11.9. The zero-order valence-electron chi connectivity index (χ0n) is 10.1. The minimum absolute atomic E-state index is 0.227. The van der Waals surface area contributed by atoms with E-state index in [0.717, 1.165) is 10.7 Å². The zero-order chi connectivity index (χ0) is 13.2. The summed E-state index contributed by atoms with van der Waals surface area (Å²) in [5.74, 6) is 0.544. The van der Waals surface area contributed by atoms with Gasteiger partial charge in [-0.1, -0.05) is 0 Å². The maximum absolute atomic E-state index is 13.6. The van der Waals surface area contributed by atoms with Crippen LogP contribution in [0.2, 0.25) is 0 Å². The third-order valence-electron chi connectivity index (χ3n) is 2.68. The van der Waals surface area contributed by atoms with Crippen molar-refractivity contribution in [1.82, 2.24) is 4.98 Å². The molecule has 3 nitrogen and oxygen atoms in total. The molecule has 5 heteroatoms. The van der Waals surface area contributed by atoms with Gasteiger partial charge in [-0.15, -0.1) is 11.3 Å². The lowest BCUT2D eigenvalue weighted by atomic mass is 10.1. The van der Waals surface area contributed by atoms with Crippen LogP contribution in [0.3, 0.4) is 0 Å². The second-order valence-electron chi connectivity index (χ2n) is 3.86. The van der Waals surface area contributed by atoms with Gasteiger partial charge in [0.2, 0.25) is 0 Å². The summed E-state index contributed by atoms with van der Waals surface area (Å²) in [6.45, 7) is 0. The molecule has 96 valence electrons. The number of hydrogen-bond acceptors (Lipinski definition) is 4. The van der Waals surface area contributed by atoms with Crippen molar-refractivity contribution >= 4 is 11.3 Å². The van der Waals surface area contributed by atoms with E-state index in [4.69, 9.17) is 9.15 Å². The van der Waals surface area contributed by atoms with Crippen LogP contribution >= 0.6 is 11.3 Å². The molecule has 0 aliphatic heterocycles. The van der Waals surface area contributed by atoms with Gasteiger partial charge < -0.3 is 9.15 Å². The number of hydrogen-bond donors (Lipinski definition) is 0. The van der Waals surface area contributed by atoms with Gasteiger partial charge in [-0.25, -0.2) is 9.37 Å². The minimum Gasteiger partial charge on any atom is -0.494 e. The molecule has 0 bridgehead atoms. The molecule has 0 radical (unpaired) electrons. The summed E-state index contributed by atoms with van der Waals surface area (Å²) in [6.07, 6.45) is 1.60. The highest BCUT2D eigenvalue weighted by Crippen LogP contribution is 2.30. The number of ether oxygens (including phenoxy) is 1. The molecule has 0 amide bonds. The second-order valence-corrected chi connectivity index (χ2v) is 4.72. The van der Waals surface area contributed by atoms with E-state index in [1.807, 2.05) is 17.5 Å². The molecule has 0 atom stereocenters. The van der Waals surface area contributed by atoms with Gasteiger partial charge in [0.05, 0.1) is 19.1 Å². The first-order valence-electron chi connectivity index (χ1n) is 5.61. The van der Waals surface area contributed by atoms with Crippen LogP contribution in [0.4, 0.5) is 4.39 Å². The minimum atomic E-state index is -0.396. The molecule has 2 aromatic heterocycles. The molecule has 0 aliphatic carbocycles. The number of aromatic nitrogens is 1. The number of methoxy groups -OCH3 is 1. The average molecular weight is 275 g/mol. The van der Waals surface area contributed by atoms with Gasteiger partial charge in [-0.3, -0.25) is 0 Å². The van der Waals surface area contributed by atoms with Crippen molar-refractivity contribution in [1.29, 1.82) is 0 Å². The van der Waals surface area contributed by atoms with Crippen LogP contribution in [0.1, 0.15) is 0 Å². The van der Waals surface area contributed by atoms with Crippen molar-refractivity contribution in [2.75, 3.05) is 7.11 Å². The lowest BCUT2D eigenvalue weighted by Gasteiger charge is -2.02. The molecular weight excluding hydrogens is 265 g/mol. The van der Waals surface area contributed by atoms with Gasteiger partial charge >= 0.3 is 0 Å². The van der Waals surface area contributed by atoms with Gasteiger partial charge in [0.25, 0.3) is 0 Å². The Hall–Kier alpha value is -2.14. The van der Waals surface area contributed by atoms with Gasteiger partial charge in [-0.05, 0) is 30.3 Å². The lowest BCUT2D eigenvalue weighted by molar-refractivity contribution is 0.386. The Labute approximate surface area is 113 Å². The van der Waals surface area contributed by atoms with E-state index in [1.165, 1.54) is 24.5 Å². The summed E-state index contributed by atoms with van der Waals surface area (Å²) in [7, 11) is 1.44. The van der Waals surface area contributed by atoms with Crippen LogP contribution in [0.25, 0.3) is 22.0 Å². The smallest absolute Gasteiger partial charge is 0.165 e. The Morgan fingerprint density at radius 3 is 2.89 bits per heavy atom. The maximum Gasteiger partial charge on any atom is 0.165 e. The fourth-order valence-electron chi connectivity index (χ4n) is 1.75. The molecule has 19 heavy (non-hydrogen) atoms.